The Hall–Kier alpha value is -2.59. The molecule has 0 aliphatic heterocycles. The van der Waals surface area contributed by atoms with Crippen molar-refractivity contribution in [2.45, 2.75) is 45.6 Å². The van der Waals surface area contributed by atoms with Crippen LogP contribution in [0.15, 0.2) is 42.5 Å². The molecule has 26 heavy (non-hydrogen) atoms. The number of rotatable bonds is 7. The molecule has 0 amide bonds. The third-order valence-electron chi connectivity index (χ3n) is 4.90. The molecule has 0 spiro atoms. The van der Waals surface area contributed by atoms with Crippen LogP contribution >= 0.6 is 0 Å². The minimum absolute atomic E-state index is 0.306. The molecular formula is C22H25NO3. The number of aliphatic hydroxyl groups excluding tert-OH is 1. The maximum Gasteiger partial charge on any atom is 0.335 e. The Morgan fingerprint density at radius 3 is 2.58 bits per heavy atom. The number of carbonyl (C=O) groups is 1. The van der Waals surface area contributed by atoms with Gasteiger partial charge >= 0.3 is 5.97 Å². The van der Waals surface area contributed by atoms with Gasteiger partial charge in [-0.25, -0.2) is 4.79 Å². The minimum atomic E-state index is -0.927. The van der Waals surface area contributed by atoms with Crippen LogP contribution in [0.2, 0.25) is 0 Å². The molecule has 0 aliphatic carbocycles. The van der Waals surface area contributed by atoms with Crippen molar-refractivity contribution in [3.63, 3.8) is 0 Å². The molecule has 1 heterocycles. The number of carboxylic acid groups (broad SMARTS) is 1. The number of benzene rings is 2. The van der Waals surface area contributed by atoms with E-state index in [-0.39, 0.29) is 0 Å². The Morgan fingerprint density at radius 2 is 1.92 bits per heavy atom. The van der Waals surface area contributed by atoms with Crippen molar-refractivity contribution in [3.05, 3.63) is 70.4 Å². The van der Waals surface area contributed by atoms with Crippen LogP contribution in [0.1, 0.15) is 65.0 Å². The number of unbranched alkanes of at least 4 members (excludes halogenated alkanes) is 1. The highest BCUT2D eigenvalue weighted by atomic mass is 16.4. The minimum Gasteiger partial charge on any atom is -0.478 e. The van der Waals surface area contributed by atoms with Gasteiger partial charge in [0.1, 0.15) is 0 Å². The zero-order valence-corrected chi connectivity index (χ0v) is 15.2. The summed E-state index contributed by atoms with van der Waals surface area (Å²) in [6, 6.07) is 13.7. The lowest BCUT2D eigenvalue weighted by atomic mass is 9.96. The molecule has 4 heteroatoms. The van der Waals surface area contributed by atoms with E-state index in [1.807, 2.05) is 36.4 Å². The Balaban J connectivity index is 2.14. The Kier molecular flexibility index (Phi) is 5.43. The van der Waals surface area contributed by atoms with Gasteiger partial charge in [0.05, 0.1) is 11.7 Å². The molecule has 1 aromatic heterocycles. The van der Waals surface area contributed by atoms with Crippen molar-refractivity contribution in [2.24, 2.45) is 0 Å². The molecule has 3 rings (SSSR count). The molecule has 2 aromatic carbocycles. The predicted molar refractivity (Wildman–Crippen MR) is 104 cm³/mol. The lowest BCUT2D eigenvalue weighted by Crippen LogP contribution is -2.02. The normalized spacial score (nSPS) is 12.4. The maximum atomic E-state index is 11.6. The van der Waals surface area contributed by atoms with E-state index < -0.39 is 12.1 Å². The van der Waals surface area contributed by atoms with Gasteiger partial charge in [-0.1, -0.05) is 50.1 Å². The summed E-state index contributed by atoms with van der Waals surface area (Å²) in [5.41, 5.74) is 4.82. The number of aromatic carboxylic acids is 1. The average molecular weight is 351 g/mol. The van der Waals surface area contributed by atoms with Crippen LogP contribution in [-0.4, -0.2) is 21.2 Å². The van der Waals surface area contributed by atoms with E-state index in [1.165, 1.54) is 0 Å². The van der Waals surface area contributed by atoms with E-state index in [2.05, 4.69) is 11.9 Å². The maximum absolute atomic E-state index is 11.6. The second kappa shape index (κ2) is 7.75. The van der Waals surface area contributed by atoms with Crippen LogP contribution in [0.3, 0.4) is 0 Å². The molecule has 0 fully saturated rings. The molecular weight excluding hydrogens is 326 g/mol. The van der Waals surface area contributed by atoms with Crippen LogP contribution in [0, 0.1) is 6.92 Å². The fourth-order valence-corrected chi connectivity index (χ4v) is 3.47. The van der Waals surface area contributed by atoms with Crippen molar-refractivity contribution in [2.75, 3.05) is 0 Å². The van der Waals surface area contributed by atoms with Crippen molar-refractivity contribution in [3.8, 4) is 0 Å². The molecule has 3 N–H and O–H groups in total. The Morgan fingerprint density at radius 1 is 1.19 bits per heavy atom. The third kappa shape index (κ3) is 3.65. The second-order valence-electron chi connectivity index (χ2n) is 6.86. The van der Waals surface area contributed by atoms with Crippen LogP contribution in [0.4, 0.5) is 0 Å². The number of nitrogens with one attached hydrogen (secondary N) is 1. The smallest absolute Gasteiger partial charge is 0.335 e. The first-order chi connectivity index (χ1) is 12.5. The standard InChI is InChI=1S/C22H25NO3/c1-3-4-10-20(24)21-18(12-15-8-6-5-7-9-15)17-13-16(22(25)26)14(2)11-19(17)23-21/h5-9,11,13,20,23-24H,3-4,10,12H2,1-2H3,(H,25,26). The molecule has 0 radical (unpaired) electrons. The zero-order chi connectivity index (χ0) is 18.7. The van der Waals surface area contributed by atoms with Crippen LogP contribution in [-0.2, 0) is 6.42 Å². The lowest BCUT2D eigenvalue weighted by Gasteiger charge is -2.12. The second-order valence-corrected chi connectivity index (χ2v) is 6.86. The molecule has 0 saturated heterocycles. The summed E-state index contributed by atoms with van der Waals surface area (Å²) in [4.78, 5) is 14.9. The number of hydrogen-bond acceptors (Lipinski definition) is 2. The van der Waals surface area contributed by atoms with Crippen LogP contribution in [0.25, 0.3) is 10.9 Å². The molecule has 1 unspecified atom stereocenters. The van der Waals surface area contributed by atoms with E-state index in [9.17, 15) is 15.0 Å². The van der Waals surface area contributed by atoms with Crippen molar-refractivity contribution >= 4 is 16.9 Å². The summed E-state index contributed by atoms with van der Waals surface area (Å²) in [5, 5.41) is 21.1. The van der Waals surface area contributed by atoms with Gasteiger partial charge in [-0.15, -0.1) is 0 Å². The molecule has 0 bridgehead atoms. The van der Waals surface area contributed by atoms with Gasteiger partial charge in [-0.05, 0) is 48.6 Å². The summed E-state index contributed by atoms with van der Waals surface area (Å²) >= 11 is 0. The fourth-order valence-electron chi connectivity index (χ4n) is 3.47. The van der Waals surface area contributed by atoms with Gasteiger partial charge in [0.2, 0.25) is 0 Å². The molecule has 4 nitrogen and oxygen atoms in total. The van der Waals surface area contributed by atoms with Gasteiger partial charge in [0, 0.05) is 16.6 Å². The van der Waals surface area contributed by atoms with Crippen LogP contribution < -0.4 is 0 Å². The fraction of sp³-hybridized carbons (Fsp3) is 0.318. The van der Waals surface area contributed by atoms with Gasteiger partial charge in [0.25, 0.3) is 0 Å². The van der Waals surface area contributed by atoms with Crippen molar-refractivity contribution in [1.82, 2.24) is 4.98 Å². The number of fused-ring (bicyclic) bond motifs is 1. The average Bonchev–Trinajstić information content (AvgIpc) is 2.97. The SMILES string of the molecule is CCCCC(O)c1[nH]c2cc(C)c(C(=O)O)cc2c1Cc1ccccc1. The summed E-state index contributed by atoms with van der Waals surface area (Å²) in [6.45, 7) is 3.90. The number of aryl methyl sites for hydroxylation is 1. The Labute approximate surface area is 153 Å². The number of aromatic nitrogens is 1. The zero-order valence-electron chi connectivity index (χ0n) is 15.2. The monoisotopic (exact) mass is 351 g/mol. The topological polar surface area (TPSA) is 73.3 Å². The molecule has 1 atom stereocenters. The highest BCUT2D eigenvalue weighted by molar-refractivity contribution is 5.97. The van der Waals surface area contributed by atoms with E-state index in [1.54, 1.807) is 13.0 Å². The Bertz CT molecular complexity index is 912. The van der Waals surface area contributed by atoms with Crippen molar-refractivity contribution < 1.29 is 15.0 Å². The molecule has 3 aromatic rings. The highest BCUT2D eigenvalue weighted by Crippen LogP contribution is 2.32. The van der Waals surface area contributed by atoms with E-state index in [4.69, 9.17) is 0 Å². The van der Waals surface area contributed by atoms with Gasteiger partial charge in [-0.2, -0.15) is 0 Å². The molecule has 136 valence electrons. The predicted octanol–water partition coefficient (Wildman–Crippen LogP) is 4.99. The first-order valence-corrected chi connectivity index (χ1v) is 9.11. The summed E-state index contributed by atoms with van der Waals surface area (Å²) < 4.78 is 0. The first kappa shape index (κ1) is 18.2. The van der Waals surface area contributed by atoms with E-state index in [0.29, 0.717) is 24.0 Å². The first-order valence-electron chi connectivity index (χ1n) is 9.11. The molecule has 0 saturated carbocycles. The lowest BCUT2D eigenvalue weighted by molar-refractivity contribution is 0.0696. The number of hydrogen-bond donors (Lipinski definition) is 3. The molecule has 0 aliphatic rings. The summed E-state index contributed by atoms with van der Waals surface area (Å²) in [6.07, 6.45) is 2.74. The van der Waals surface area contributed by atoms with Gasteiger partial charge in [0.15, 0.2) is 0 Å². The van der Waals surface area contributed by atoms with Gasteiger partial charge in [-0.3, -0.25) is 0 Å². The summed E-state index contributed by atoms with van der Waals surface area (Å²) in [7, 11) is 0. The largest absolute Gasteiger partial charge is 0.478 e. The van der Waals surface area contributed by atoms with Crippen LogP contribution in [0.5, 0.6) is 0 Å². The number of H-pyrrole nitrogens is 1. The van der Waals surface area contributed by atoms with Gasteiger partial charge < -0.3 is 15.2 Å². The third-order valence-corrected chi connectivity index (χ3v) is 4.90. The van der Waals surface area contributed by atoms with E-state index >= 15 is 0 Å². The van der Waals surface area contributed by atoms with E-state index in [0.717, 1.165) is 40.6 Å². The number of aromatic amines is 1. The quantitative estimate of drug-likeness (QED) is 0.561. The number of aliphatic hydroxyl groups is 1. The number of carboxylic acids is 1. The van der Waals surface area contributed by atoms with Crippen molar-refractivity contribution in [1.29, 1.82) is 0 Å². The summed E-state index contributed by atoms with van der Waals surface area (Å²) in [5.74, 6) is -0.927. The highest BCUT2D eigenvalue weighted by Gasteiger charge is 2.20.